The summed E-state index contributed by atoms with van der Waals surface area (Å²) in [5.74, 6) is 0. The average Bonchev–Trinajstić information content (AvgIpc) is 2.53. The molecule has 0 bridgehead atoms. The first kappa shape index (κ1) is 19.9. The number of sulfonamides is 1. The number of carbonyl (C=O) groups excluding carboxylic acids is 1. The van der Waals surface area contributed by atoms with E-state index in [2.05, 4.69) is 31.4 Å². The highest BCUT2D eigenvalue weighted by Gasteiger charge is 2.19. The lowest BCUT2D eigenvalue weighted by Gasteiger charge is -2.23. The maximum absolute atomic E-state index is 12.4. The van der Waals surface area contributed by atoms with Crippen LogP contribution in [-0.2, 0) is 15.4 Å². The summed E-state index contributed by atoms with van der Waals surface area (Å²) in [4.78, 5) is 12.4. The van der Waals surface area contributed by atoms with Crippen LogP contribution in [0.3, 0.4) is 0 Å². The molecule has 26 heavy (non-hydrogen) atoms. The Morgan fingerprint density at radius 1 is 1.04 bits per heavy atom. The molecule has 0 saturated carbocycles. The lowest BCUT2D eigenvalue weighted by molar-refractivity contribution is 0.249. The number of benzene rings is 2. The zero-order valence-corrected chi connectivity index (χ0v) is 16.2. The number of para-hydroxylation sites is 1. The molecule has 0 heterocycles. The Balaban J connectivity index is 2.09. The van der Waals surface area contributed by atoms with Gasteiger partial charge in [0.1, 0.15) is 0 Å². The van der Waals surface area contributed by atoms with Crippen molar-refractivity contribution in [2.45, 2.75) is 44.0 Å². The minimum Gasteiger partial charge on any atom is -0.331 e. The largest absolute Gasteiger partial charge is 0.331 e. The summed E-state index contributed by atoms with van der Waals surface area (Å²) < 4.78 is 22.6. The fourth-order valence-corrected chi connectivity index (χ4v) is 3.15. The number of amides is 2. The first-order valence-corrected chi connectivity index (χ1v) is 9.83. The molecule has 6 nitrogen and oxygen atoms in total. The maximum atomic E-state index is 12.4. The van der Waals surface area contributed by atoms with Gasteiger partial charge in [-0.1, -0.05) is 51.1 Å². The summed E-state index contributed by atoms with van der Waals surface area (Å²) in [5.41, 5.74) is 2.48. The van der Waals surface area contributed by atoms with Crippen molar-refractivity contribution >= 4 is 21.7 Å². The van der Waals surface area contributed by atoms with E-state index < -0.39 is 10.0 Å². The second-order valence-corrected chi connectivity index (χ2v) is 8.79. The number of rotatable bonds is 4. The third-order valence-electron chi connectivity index (χ3n) is 4.04. The molecule has 1 unspecified atom stereocenters. The molecule has 0 saturated heterocycles. The normalized spacial score (nSPS) is 13.1. The summed E-state index contributed by atoms with van der Waals surface area (Å²) >= 11 is 0. The van der Waals surface area contributed by atoms with E-state index in [0.717, 1.165) is 16.8 Å². The molecule has 0 spiro atoms. The van der Waals surface area contributed by atoms with Gasteiger partial charge in [-0.2, -0.15) is 0 Å². The van der Waals surface area contributed by atoms with Crippen molar-refractivity contribution in [1.29, 1.82) is 0 Å². The van der Waals surface area contributed by atoms with E-state index in [4.69, 9.17) is 5.14 Å². The van der Waals surface area contributed by atoms with Crippen molar-refractivity contribution in [2.24, 2.45) is 5.14 Å². The topological polar surface area (TPSA) is 101 Å². The summed E-state index contributed by atoms with van der Waals surface area (Å²) in [6.45, 7) is 8.07. The van der Waals surface area contributed by atoms with Gasteiger partial charge in [0.25, 0.3) is 0 Å². The molecule has 0 fully saturated rings. The predicted octanol–water partition coefficient (Wildman–Crippen LogP) is 3.51. The second kappa shape index (κ2) is 7.47. The molecule has 2 aromatic rings. The van der Waals surface area contributed by atoms with E-state index in [-0.39, 0.29) is 22.4 Å². The molecule has 2 amide bonds. The van der Waals surface area contributed by atoms with Crippen molar-refractivity contribution in [2.75, 3.05) is 5.32 Å². The number of primary sulfonamides is 1. The fraction of sp³-hybridized carbons (Fsp3) is 0.316. The average molecular weight is 375 g/mol. The third kappa shape index (κ3) is 5.06. The Kier molecular flexibility index (Phi) is 5.73. The van der Waals surface area contributed by atoms with Gasteiger partial charge in [0, 0.05) is 5.69 Å². The van der Waals surface area contributed by atoms with Gasteiger partial charge in [0.05, 0.1) is 10.9 Å². The summed E-state index contributed by atoms with van der Waals surface area (Å²) in [6.07, 6.45) is 0. The van der Waals surface area contributed by atoms with Gasteiger partial charge in [-0.25, -0.2) is 18.4 Å². The maximum Gasteiger partial charge on any atom is 0.319 e. The molecule has 0 aliphatic heterocycles. The van der Waals surface area contributed by atoms with Crippen LogP contribution in [0.1, 0.15) is 44.9 Å². The number of hydrogen-bond acceptors (Lipinski definition) is 3. The van der Waals surface area contributed by atoms with E-state index in [0.29, 0.717) is 0 Å². The van der Waals surface area contributed by atoms with E-state index in [1.54, 1.807) is 12.1 Å². The highest BCUT2D eigenvalue weighted by atomic mass is 32.2. The smallest absolute Gasteiger partial charge is 0.319 e. The van der Waals surface area contributed by atoms with Gasteiger partial charge < -0.3 is 10.6 Å². The molecule has 0 aliphatic carbocycles. The molecule has 1 atom stereocenters. The number of carbonyl (C=O) groups is 1. The van der Waals surface area contributed by atoms with Crippen LogP contribution in [0.5, 0.6) is 0 Å². The van der Waals surface area contributed by atoms with Gasteiger partial charge in [-0.15, -0.1) is 0 Å². The van der Waals surface area contributed by atoms with Crippen molar-refractivity contribution in [1.82, 2.24) is 5.32 Å². The Hall–Kier alpha value is -2.38. The van der Waals surface area contributed by atoms with Crippen LogP contribution in [0.4, 0.5) is 10.5 Å². The second-order valence-electron chi connectivity index (χ2n) is 7.23. The highest BCUT2D eigenvalue weighted by Crippen LogP contribution is 2.29. The molecule has 0 radical (unpaired) electrons. The molecule has 0 aromatic heterocycles. The summed E-state index contributed by atoms with van der Waals surface area (Å²) in [7, 11) is -3.73. The van der Waals surface area contributed by atoms with Crippen LogP contribution >= 0.6 is 0 Å². The Bertz CT molecular complexity index is 885. The van der Waals surface area contributed by atoms with Crippen LogP contribution in [0.25, 0.3) is 0 Å². The van der Waals surface area contributed by atoms with E-state index in [1.807, 2.05) is 31.2 Å². The number of anilines is 1. The Labute approximate surface area is 154 Å². The summed E-state index contributed by atoms with van der Waals surface area (Å²) in [5, 5.41) is 10.8. The van der Waals surface area contributed by atoms with Crippen LogP contribution < -0.4 is 15.8 Å². The van der Waals surface area contributed by atoms with Crippen molar-refractivity contribution in [3.8, 4) is 0 Å². The minimum atomic E-state index is -3.73. The third-order valence-corrected chi connectivity index (χ3v) is 4.97. The number of urea groups is 1. The van der Waals surface area contributed by atoms with E-state index >= 15 is 0 Å². The number of nitrogens with one attached hydrogen (secondary N) is 2. The lowest BCUT2D eigenvalue weighted by Crippen LogP contribution is -2.32. The minimum absolute atomic E-state index is 0.0389. The molecular formula is C19H25N3O3S. The Morgan fingerprint density at radius 2 is 1.62 bits per heavy atom. The monoisotopic (exact) mass is 375 g/mol. The number of hydrogen-bond donors (Lipinski definition) is 3. The van der Waals surface area contributed by atoms with Gasteiger partial charge in [0.2, 0.25) is 10.0 Å². The molecule has 2 aromatic carbocycles. The molecule has 4 N–H and O–H groups in total. The first-order valence-electron chi connectivity index (χ1n) is 8.28. The number of nitrogens with two attached hydrogens (primary N) is 1. The van der Waals surface area contributed by atoms with Gasteiger partial charge >= 0.3 is 6.03 Å². The van der Waals surface area contributed by atoms with Crippen molar-refractivity contribution < 1.29 is 13.2 Å². The first-order chi connectivity index (χ1) is 12.0. The van der Waals surface area contributed by atoms with Gasteiger partial charge in [-0.05, 0) is 41.7 Å². The zero-order chi connectivity index (χ0) is 19.5. The van der Waals surface area contributed by atoms with Crippen molar-refractivity contribution in [3.63, 3.8) is 0 Å². The molecule has 0 aliphatic rings. The van der Waals surface area contributed by atoms with Crippen LogP contribution in [0, 0.1) is 0 Å². The molecule has 7 heteroatoms. The van der Waals surface area contributed by atoms with E-state index in [1.165, 1.54) is 12.1 Å². The van der Waals surface area contributed by atoms with Gasteiger partial charge in [-0.3, -0.25) is 0 Å². The standard InChI is InChI=1S/C19H25N3O3S/c1-13(14-9-11-15(12-10-14)26(20,24)25)21-18(23)22-17-8-6-5-7-16(17)19(2,3)4/h5-13H,1-4H3,(H2,20,24,25)(H2,21,22,23). The molecule has 140 valence electrons. The quantitative estimate of drug-likeness (QED) is 0.762. The predicted molar refractivity (Wildman–Crippen MR) is 104 cm³/mol. The summed E-state index contributed by atoms with van der Waals surface area (Å²) in [6, 6.07) is 13.2. The van der Waals surface area contributed by atoms with Gasteiger partial charge in [0.15, 0.2) is 0 Å². The lowest BCUT2D eigenvalue weighted by atomic mass is 9.86. The fourth-order valence-electron chi connectivity index (χ4n) is 2.63. The van der Waals surface area contributed by atoms with Crippen LogP contribution in [0.15, 0.2) is 53.4 Å². The van der Waals surface area contributed by atoms with Crippen LogP contribution in [0.2, 0.25) is 0 Å². The SMILES string of the molecule is CC(NC(=O)Nc1ccccc1C(C)(C)C)c1ccc(S(N)(=O)=O)cc1. The Morgan fingerprint density at radius 3 is 2.15 bits per heavy atom. The van der Waals surface area contributed by atoms with E-state index in [9.17, 15) is 13.2 Å². The van der Waals surface area contributed by atoms with Crippen LogP contribution in [-0.4, -0.2) is 14.4 Å². The molecular weight excluding hydrogens is 350 g/mol. The zero-order valence-electron chi connectivity index (χ0n) is 15.4. The van der Waals surface area contributed by atoms with Crippen molar-refractivity contribution in [3.05, 3.63) is 59.7 Å². The highest BCUT2D eigenvalue weighted by molar-refractivity contribution is 7.89. The molecule has 2 rings (SSSR count).